The van der Waals surface area contributed by atoms with Gasteiger partial charge in [0.15, 0.2) is 5.82 Å². The largest absolute Gasteiger partial charge is 0.471 e. The van der Waals surface area contributed by atoms with E-state index >= 15 is 0 Å². The fourth-order valence-electron chi connectivity index (χ4n) is 2.79. The van der Waals surface area contributed by atoms with Gasteiger partial charge in [0, 0.05) is 38.0 Å². The van der Waals surface area contributed by atoms with E-state index < -0.39 is 0 Å². The van der Waals surface area contributed by atoms with Crippen molar-refractivity contribution in [3.8, 4) is 5.88 Å². The summed E-state index contributed by atoms with van der Waals surface area (Å²) in [7, 11) is 3.83. The topological polar surface area (TPSA) is 58.6 Å². The number of rotatable bonds is 5. The van der Waals surface area contributed by atoms with Gasteiger partial charge in [0.05, 0.1) is 12.1 Å². The molecule has 1 fully saturated rings. The molecule has 1 amide bonds. The van der Waals surface area contributed by atoms with Gasteiger partial charge in [-0.05, 0) is 24.5 Å². The standard InChI is InChI=1S/C18H22N4O2S/c1-21(2)16-8-9-17(20-19-16)24-13-10-11-22(12-13)18(23)14-6-4-5-7-15(14)25-3/h4-9,13H,10-12H2,1-3H3. The molecule has 25 heavy (non-hydrogen) atoms. The highest BCUT2D eigenvalue weighted by molar-refractivity contribution is 7.98. The van der Waals surface area contributed by atoms with Crippen LogP contribution < -0.4 is 9.64 Å². The SMILES string of the molecule is CSc1ccccc1C(=O)N1CCC(Oc2ccc(N(C)C)nn2)C1. The zero-order chi connectivity index (χ0) is 17.8. The highest BCUT2D eigenvalue weighted by atomic mass is 32.2. The Balaban J connectivity index is 1.62. The van der Waals surface area contributed by atoms with Crippen LogP contribution in [0.15, 0.2) is 41.3 Å². The number of anilines is 1. The van der Waals surface area contributed by atoms with E-state index in [9.17, 15) is 4.79 Å². The molecule has 1 aromatic heterocycles. The van der Waals surface area contributed by atoms with Crippen LogP contribution in [0.2, 0.25) is 0 Å². The molecule has 0 spiro atoms. The maximum absolute atomic E-state index is 12.8. The van der Waals surface area contributed by atoms with E-state index in [1.165, 1.54) is 0 Å². The van der Waals surface area contributed by atoms with Crippen LogP contribution in [-0.4, -0.2) is 60.5 Å². The van der Waals surface area contributed by atoms with Crippen molar-refractivity contribution < 1.29 is 9.53 Å². The predicted molar refractivity (Wildman–Crippen MR) is 99.5 cm³/mol. The summed E-state index contributed by atoms with van der Waals surface area (Å²) in [6.45, 7) is 1.26. The predicted octanol–water partition coefficient (Wildman–Crippen LogP) is 2.56. The van der Waals surface area contributed by atoms with Crippen molar-refractivity contribution in [2.24, 2.45) is 0 Å². The molecule has 1 aromatic carbocycles. The molecular weight excluding hydrogens is 336 g/mol. The lowest BCUT2D eigenvalue weighted by atomic mass is 10.2. The number of ether oxygens (including phenoxy) is 1. The average Bonchev–Trinajstić information content (AvgIpc) is 3.10. The molecule has 132 valence electrons. The minimum atomic E-state index is -0.0510. The number of likely N-dealkylation sites (tertiary alicyclic amines) is 1. The summed E-state index contributed by atoms with van der Waals surface area (Å²) in [5.41, 5.74) is 0.755. The molecule has 1 atom stereocenters. The number of hydrogen-bond acceptors (Lipinski definition) is 6. The summed E-state index contributed by atoms with van der Waals surface area (Å²) >= 11 is 1.59. The van der Waals surface area contributed by atoms with Gasteiger partial charge in [-0.3, -0.25) is 4.79 Å². The third-order valence-corrected chi connectivity index (χ3v) is 4.94. The Morgan fingerprint density at radius 3 is 2.72 bits per heavy atom. The Kier molecular flexibility index (Phi) is 5.43. The second-order valence-electron chi connectivity index (χ2n) is 6.10. The van der Waals surface area contributed by atoms with Crippen LogP contribution in [0.3, 0.4) is 0 Å². The van der Waals surface area contributed by atoms with Crippen molar-refractivity contribution in [1.29, 1.82) is 0 Å². The lowest BCUT2D eigenvalue weighted by Gasteiger charge is -2.18. The van der Waals surface area contributed by atoms with E-state index in [-0.39, 0.29) is 12.0 Å². The van der Waals surface area contributed by atoms with Crippen LogP contribution in [0.4, 0.5) is 5.82 Å². The molecule has 0 saturated carbocycles. The summed E-state index contributed by atoms with van der Waals surface area (Å²) in [5.74, 6) is 1.34. The smallest absolute Gasteiger partial charge is 0.255 e. The average molecular weight is 358 g/mol. The third kappa shape index (κ3) is 4.04. The van der Waals surface area contributed by atoms with Crippen molar-refractivity contribution in [3.05, 3.63) is 42.0 Å². The molecule has 6 nitrogen and oxygen atoms in total. The number of amides is 1. The second kappa shape index (κ2) is 7.74. The van der Waals surface area contributed by atoms with Crippen molar-refractivity contribution in [2.45, 2.75) is 17.4 Å². The van der Waals surface area contributed by atoms with Gasteiger partial charge in [-0.1, -0.05) is 12.1 Å². The van der Waals surface area contributed by atoms with Gasteiger partial charge in [0.2, 0.25) is 5.88 Å². The minimum absolute atomic E-state index is 0.0510. The molecule has 1 aliphatic heterocycles. The zero-order valence-electron chi connectivity index (χ0n) is 14.7. The summed E-state index contributed by atoms with van der Waals surface area (Å²) in [5, 5.41) is 8.21. The zero-order valence-corrected chi connectivity index (χ0v) is 15.5. The number of hydrogen-bond donors (Lipinski definition) is 0. The molecule has 2 aromatic rings. The highest BCUT2D eigenvalue weighted by Crippen LogP contribution is 2.24. The second-order valence-corrected chi connectivity index (χ2v) is 6.95. The molecule has 0 N–H and O–H groups in total. The molecule has 0 radical (unpaired) electrons. The van der Waals surface area contributed by atoms with Crippen LogP contribution in [0.5, 0.6) is 5.88 Å². The number of carbonyl (C=O) groups excluding carboxylic acids is 1. The molecule has 0 aliphatic carbocycles. The molecule has 0 bridgehead atoms. The monoisotopic (exact) mass is 358 g/mol. The van der Waals surface area contributed by atoms with Gasteiger partial charge in [-0.2, -0.15) is 0 Å². The highest BCUT2D eigenvalue weighted by Gasteiger charge is 2.29. The van der Waals surface area contributed by atoms with Crippen LogP contribution in [0.25, 0.3) is 0 Å². The molecule has 3 rings (SSSR count). The van der Waals surface area contributed by atoms with E-state index in [0.717, 1.165) is 22.7 Å². The third-order valence-electron chi connectivity index (χ3n) is 4.14. The molecule has 1 unspecified atom stereocenters. The Labute approximate surface area is 152 Å². The first kappa shape index (κ1) is 17.5. The van der Waals surface area contributed by atoms with Crippen molar-refractivity contribution in [1.82, 2.24) is 15.1 Å². The fourth-order valence-corrected chi connectivity index (χ4v) is 3.38. The van der Waals surface area contributed by atoms with Crippen LogP contribution >= 0.6 is 11.8 Å². The van der Waals surface area contributed by atoms with Gasteiger partial charge < -0.3 is 14.5 Å². The molecule has 2 heterocycles. The number of thioether (sulfide) groups is 1. The van der Waals surface area contributed by atoms with E-state index in [1.54, 1.807) is 11.8 Å². The molecule has 7 heteroatoms. The Morgan fingerprint density at radius 1 is 1.24 bits per heavy atom. The van der Waals surface area contributed by atoms with E-state index in [2.05, 4.69) is 10.2 Å². The van der Waals surface area contributed by atoms with Crippen LogP contribution in [-0.2, 0) is 0 Å². The lowest BCUT2D eigenvalue weighted by Crippen LogP contribution is -2.31. The number of aromatic nitrogens is 2. The van der Waals surface area contributed by atoms with E-state index in [0.29, 0.717) is 19.0 Å². The first-order valence-electron chi connectivity index (χ1n) is 8.18. The normalized spacial score (nSPS) is 16.8. The summed E-state index contributed by atoms with van der Waals surface area (Å²) < 4.78 is 5.89. The van der Waals surface area contributed by atoms with E-state index in [4.69, 9.17) is 4.74 Å². The van der Waals surface area contributed by atoms with Crippen molar-refractivity contribution >= 4 is 23.5 Å². The van der Waals surface area contributed by atoms with Crippen LogP contribution in [0.1, 0.15) is 16.8 Å². The van der Waals surface area contributed by atoms with Gasteiger partial charge in [-0.15, -0.1) is 22.0 Å². The van der Waals surface area contributed by atoms with E-state index in [1.807, 2.05) is 66.5 Å². The molecular formula is C18H22N4O2S. The Bertz CT molecular complexity index is 736. The summed E-state index contributed by atoms with van der Waals surface area (Å²) in [6.07, 6.45) is 2.73. The Hall–Kier alpha value is -2.28. The van der Waals surface area contributed by atoms with Gasteiger partial charge in [0.1, 0.15) is 6.10 Å². The van der Waals surface area contributed by atoms with Crippen molar-refractivity contribution in [3.63, 3.8) is 0 Å². The number of nitrogens with zero attached hydrogens (tertiary/aromatic N) is 4. The fraction of sp³-hybridized carbons (Fsp3) is 0.389. The lowest BCUT2D eigenvalue weighted by molar-refractivity contribution is 0.0767. The van der Waals surface area contributed by atoms with Gasteiger partial charge >= 0.3 is 0 Å². The summed E-state index contributed by atoms with van der Waals surface area (Å²) in [4.78, 5) is 17.5. The molecule has 1 saturated heterocycles. The quantitative estimate of drug-likeness (QED) is 0.766. The first-order chi connectivity index (χ1) is 12.1. The summed E-state index contributed by atoms with van der Waals surface area (Å²) in [6, 6.07) is 11.4. The van der Waals surface area contributed by atoms with Crippen molar-refractivity contribution in [2.75, 3.05) is 38.3 Å². The van der Waals surface area contributed by atoms with Crippen LogP contribution in [0, 0.1) is 0 Å². The first-order valence-corrected chi connectivity index (χ1v) is 9.41. The number of carbonyl (C=O) groups is 1. The minimum Gasteiger partial charge on any atom is -0.471 e. The molecule has 1 aliphatic rings. The maximum Gasteiger partial charge on any atom is 0.255 e. The van der Waals surface area contributed by atoms with Gasteiger partial charge in [0.25, 0.3) is 5.91 Å². The van der Waals surface area contributed by atoms with Gasteiger partial charge in [-0.25, -0.2) is 0 Å². The number of benzene rings is 1. The maximum atomic E-state index is 12.8. The Morgan fingerprint density at radius 2 is 2.04 bits per heavy atom.